The van der Waals surface area contributed by atoms with E-state index >= 15 is 0 Å². The lowest BCUT2D eigenvalue weighted by atomic mass is 9.88. The highest BCUT2D eigenvalue weighted by Crippen LogP contribution is 2.50. The molecule has 0 aliphatic carbocycles. The number of nitrogens with two attached hydrogens (primary N) is 1. The summed E-state index contributed by atoms with van der Waals surface area (Å²) in [6.07, 6.45) is 0. The first-order valence-corrected chi connectivity index (χ1v) is 9.47. The predicted octanol–water partition coefficient (Wildman–Crippen LogP) is 4.13. The summed E-state index contributed by atoms with van der Waals surface area (Å²) in [6, 6.07) is 4.26. The van der Waals surface area contributed by atoms with Crippen molar-refractivity contribution in [3.63, 3.8) is 0 Å². The fraction of sp³-hybridized carbons (Fsp3) is 0.333. The van der Waals surface area contributed by atoms with Gasteiger partial charge in [0.1, 0.15) is 17.2 Å². The second-order valence-corrected chi connectivity index (χ2v) is 8.46. The highest BCUT2D eigenvalue weighted by Gasteiger charge is 2.38. The predicted molar refractivity (Wildman–Crippen MR) is 98.1 cm³/mol. The van der Waals surface area contributed by atoms with Crippen molar-refractivity contribution in [3.05, 3.63) is 48.2 Å². The third kappa shape index (κ3) is 2.81. The third-order valence-electron chi connectivity index (χ3n) is 4.08. The largest absolute Gasteiger partial charge is 0.462 e. The molecule has 3 rings (SSSR count). The Kier molecular flexibility index (Phi) is 4.58. The van der Waals surface area contributed by atoms with Crippen LogP contribution in [-0.2, 0) is 4.74 Å². The standard InChI is InChI=1S/C18H18N2O3S2/c1-5-22-18(21)13-10(4)25-16-14(11-6-8(2)24-9(11)3)12(7-19)17(20)23-15(13)16/h6,14H,5,20H2,1-4H3. The van der Waals surface area contributed by atoms with Gasteiger partial charge in [0.2, 0.25) is 5.88 Å². The molecule has 0 fully saturated rings. The Hall–Kier alpha value is -2.30. The van der Waals surface area contributed by atoms with Crippen LogP contribution in [0, 0.1) is 32.1 Å². The Morgan fingerprint density at radius 1 is 1.36 bits per heavy atom. The molecule has 25 heavy (non-hydrogen) atoms. The maximum absolute atomic E-state index is 12.4. The summed E-state index contributed by atoms with van der Waals surface area (Å²) >= 11 is 3.13. The Labute approximate surface area is 154 Å². The third-order valence-corrected chi connectivity index (χ3v) is 6.22. The van der Waals surface area contributed by atoms with E-state index in [1.54, 1.807) is 18.3 Å². The minimum Gasteiger partial charge on any atom is -0.462 e. The summed E-state index contributed by atoms with van der Waals surface area (Å²) in [5, 5.41) is 9.63. The number of carbonyl (C=O) groups excluding carboxylic acids is 1. The topological polar surface area (TPSA) is 85.3 Å². The van der Waals surface area contributed by atoms with Crippen LogP contribution in [0.25, 0.3) is 0 Å². The summed E-state index contributed by atoms with van der Waals surface area (Å²) < 4.78 is 10.9. The van der Waals surface area contributed by atoms with Crippen molar-refractivity contribution in [3.8, 4) is 11.8 Å². The van der Waals surface area contributed by atoms with Crippen LogP contribution >= 0.6 is 22.7 Å². The van der Waals surface area contributed by atoms with Crippen LogP contribution in [0.3, 0.4) is 0 Å². The molecule has 2 aromatic rings. The van der Waals surface area contributed by atoms with Gasteiger partial charge in [0, 0.05) is 14.6 Å². The van der Waals surface area contributed by atoms with E-state index in [4.69, 9.17) is 15.2 Å². The van der Waals surface area contributed by atoms with Gasteiger partial charge in [0.15, 0.2) is 5.75 Å². The number of thiophene rings is 2. The summed E-state index contributed by atoms with van der Waals surface area (Å²) in [6.45, 7) is 7.95. The van der Waals surface area contributed by atoms with Crippen molar-refractivity contribution < 1.29 is 14.3 Å². The lowest BCUT2D eigenvalue weighted by Crippen LogP contribution is -2.21. The normalized spacial score (nSPS) is 16.2. The number of nitriles is 1. The van der Waals surface area contributed by atoms with E-state index in [0.29, 0.717) is 16.9 Å². The van der Waals surface area contributed by atoms with Crippen LogP contribution in [0.15, 0.2) is 17.5 Å². The van der Waals surface area contributed by atoms with Crippen molar-refractivity contribution in [2.24, 2.45) is 5.73 Å². The molecule has 2 aromatic heterocycles. The summed E-state index contributed by atoms with van der Waals surface area (Å²) in [5.41, 5.74) is 7.84. The molecule has 1 unspecified atom stereocenters. The number of carbonyl (C=O) groups is 1. The van der Waals surface area contributed by atoms with E-state index in [1.807, 2.05) is 20.8 Å². The van der Waals surface area contributed by atoms with Gasteiger partial charge in [0.25, 0.3) is 0 Å². The number of fused-ring (bicyclic) bond motifs is 1. The van der Waals surface area contributed by atoms with Gasteiger partial charge in [-0.1, -0.05) is 0 Å². The van der Waals surface area contributed by atoms with E-state index in [-0.39, 0.29) is 18.4 Å². The molecule has 7 heteroatoms. The highest BCUT2D eigenvalue weighted by atomic mass is 32.1. The number of allylic oxidation sites excluding steroid dienone is 1. The lowest BCUT2D eigenvalue weighted by molar-refractivity contribution is 0.0522. The number of hydrogen-bond acceptors (Lipinski definition) is 7. The fourth-order valence-electron chi connectivity index (χ4n) is 3.07. The molecular formula is C18H18N2O3S2. The zero-order valence-corrected chi connectivity index (χ0v) is 16.1. The van der Waals surface area contributed by atoms with Gasteiger partial charge in [0.05, 0.1) is 17.4 Å². The maximum atomic E-state index is 12.4. The molecule has 3 heterocycles. The number of ether oxygens (including phenoxy) is 2. The molecule has 130 valence electrons. The zero-order chi connectivity index (χ0) is 18.3. The van der Waals surface area contributed by atoms with Crippen LogP contribution in [0.2, 0.25) is 0 Å². The summed E-state index contributed by atoms with van der Waals surface area (Å²) in [4.78, 5) is 16.3. The minimum atomic E-state index is -0.428. The Bertz CT molecular complexity index is 931. The molecule has 0 bridgehead atoms. The molecule has 0 aromatic carbocycles. The smallest absolute Gasteiger partial charge is 0.343 e. The average molecular weight is 374 g/mol. The molecule has 0 spiro atoms. The quantitative estimate of drug-likeness (QED) is 0.817. The van der Waals surface area contributed by atoms with Gasteiger partial charge in [-0.2, -0.15) is 5.26 Å². The van der Waals surface area contributed by atoms with Crippen molar-refractivity contribution in [1.29, 1.82) is 5.26 Å². The SMILES string of the molecule is CCOC(=O)c1c(C)sc2c1OC(N)=C(C#N)C2c1cc(C)sc1C. The second-order valence-electron chi connectivity index (χ2n) is 5.74. The molecule has 1 atom stereocenters. The maximum Gasteiger partial charge on any atom is 0.343 e. The van der Waals surface area contributed by atoms with Gasteiger partial charge in [-0.25, -0.2) is 4.79 Å². The van der Waals surface area contributed by atoms with Gasteiger partial charge >= 0.3 is 5.97 Å². The molecule has 5 nitrogen and oxygen atoms in total. The molecule has 0 amide bonds. The average Bonchev–Trinajstić information content (AvgIpc) is 3.04. The number of hydrogen-bond donors (Lipinski definition) is 1. The van der Waals surface area contributed by atoms with Gasteiger partial charge < -0.3 is 15.2 Å². The fourth-order valence-corrected chi connectivity index (χ4v) is 5.24. The van der Waals surface area contributed by atoms with Crippen LogP contribution in [-0.4, -0.2) is 12.6 Å². The van der Waals surface area contributed by atoms with Gasteiger partial charge in [-0.05, 0) is 39.3 Å². The van der Waals surface area contributed by atoms with Crippen molar-refractivity contribution in [2.75, 3.05) is 6.61 Å². The molecule has 2 N–H and O–H groups in total. The Balaban J connectivity index is 2.24. The van der Waals surface area contributed by atoms with Crippen LogP contribution in [0.1, 0.15) is 48.3 Å². The monoisotopic (exact) mass is 374 g/mol. The van der Waals surface area contributed by atoms with Crippen LogP contribution in [0.4, 0.5) is 0 Å². The first kappa shape index (κ1) is 17.5. The molecule has 0 saturated heterocycles. The van der Waals surface area contributed by atoms with E-state index < -0.39 is 5.97 Å². The van der Waals surface area contributed by atoms with Crippen molar-refractivity contribution >= 4 is 28.6 Å². The summed E-state index contributed by atoms with van der Waals surface area (Å²) in [7, 11) is 0. The van der Waals surface area contributed by atoms with Crippen molar-refractivity contribution in [2.45, 2.75) is 33.6 Å². The first-order chi connectivity index (χ1) is 11.9. The second kappa shape index (κ2) is 6.54. The number of aryl methyl sites for hydroxylation is 3. The molecule has 1 aliphatic rings. The van der Waals surface area contributed by atoms with E-state index in [0.717, 1.165) is 25.1 Å². The van der Waals surface area contributed by atoms with E-state index in [2.05, 4.69) is 12.1 Å². The highest BCUT2D eigenvalue weighted by molar-refractivity contribution is 7.13. The van der Waals surface area contributed by atoms with E-state index in [9.17, 15) is 10.1 Å². The molecule has 0 radical (unpaired) electrons. The van der Waals surface area contributed by atoms with E-state index in [1.165, 1.54) is 11.3 Å². The number of nitrogens with zero attached hydrogens (tertiary/aromatic N) is 1. The summed E-state index contributed by atoms with van der Waals surface area (Å²) in [5.74, 6) is -0.273. The number of rotatable bonds is 3. The van der Waals surface area contributed by atoms with Crippen molar-refractivity contribution in [1.82, 2.24) is 0 Å². The van der Waals surface area contributed by atoms with Crippen LogP contribution < -0.4 is 10.5 Å². The first-order valence-electron chi connectivity index (χ1n) is 7.83. The lowest BCUT2D eigenvalue weighted by Gasteiger charge is -2.24. The van der Waals surface area contributed by atoms with Crippen LogP contribution in [0.5, 0.6) is 5.75 Å². The Morgan fingerprint density at radius 2 is 2.08 bits per heavy atom. The molecule has 0 saturated carbocycles. The molecule has 1 aliphatic heterocycles. The minimum absolute atomic E-state index is 0.0478. The number of esters is 1. The van der Waals surface area contributed by atoms with Gasteiger partial charge in [-0.15, -0.1) is 22.7 Å². The molecular weight excluding hydrogens is 356 g/mol. The Morgan fingerprint density at radius 3 is 2.64 bits per heavy atom. The van der Waals surface area contributed by atoms with Gasteiger partial charge in [-0.3, -0.25) is 0 Å². The zero-order valence-electron chi connectivity index (χ0n) is 14.4.